The molecule has 0 nitrogen and oxygen atoms in total. The largest absolute Gasteiger partial charge is 0.406 e. The molecule has 0 amide bonds. The Bertz CT molecular complexity index is 1420. The van der Waals surface area contributed by atoms with Gasteiger partial charge in [-0.3, -0.25) is 0 Å². The summed E-state index contributed by atoms with van der Waals surface area (Å²) in [6.45, 7) is 7.39. The van der Waals surface area contributed by atoms with Gasteiger partial charge in [0.1, 0.15) is 28.7 Å². The third kappa shape index (κ3) is 5.35. The third-order valence-corrected chi connectivity index (χ3v) is 7.88. The minimum atomic E-state index is -5.20. The normalized spacial score (nSPS) is 16.3. The Morgan fingerprint density at radius 1 is 0.800 bits per heavy atom. The molecule has 0 saturated heterocycles. The first-order valence-corrected chi connectivity index (χ1v) is 13.3. The third-order valence-electron chi connectivity index (χ3n) is 7.88. The van der Waals surface area contributed by atoms with E-state index in [9.17, 15) is 4.39 Å². The molecular weight excluding hydrogens is 529 g/mol. The van der Waals surface area contributed by atoms with Gasteiger partial charge in [0.15, 0.2) is 0 Å². The minimum Gasteiger partial charge on any atom is -0.207 e. The van der Waals surface area contributed by atoms with Crippen molar-refractivity contribution >= 4 is 0 Å². The average Bonchev–Trinajstić information content (AvgIpc) is 2.86. The first kappa shape index (κ1) is 29.6. The van der Waals surface area contributed by atoms with E-state index >= 15 is 26.3 Å². The second-order valence-corrected chi connectivity index (χ2v) is 10.8. The maximum atomic E-state index is 16.0. The fourth-order valence-corrected chi connectivity index (χ4v) is 5.65. The van der Waals surface area contributed by atoms with Crippen molar-refractivity contribution in [1.29, 1.82) is 0 Å². The molecule has 2 atom stereocenters. The van der Waals surface area contributed by atoms with Crippen molar-refractivity contribution < 1.29 is 30.7 Å². The Hall–Kier alpha value is -3.35. The van der Waals surface area contributed by atoms with E-state index in [-0.39, 0.29) is 29.5 Å². The number of halogens is 7. The number of allylic oxidation sites excluding steroid dienone is 4. The molecule has 212 valence electrons. The SMILES string of the molecule is CCC(C)Cc1cc(C)c(-c2cc(F)c(C(C3=CC=C(C)CC3)(c3ccc(F)cc3)C(F)(F)F)c(F)c2)c(F)c1. The first-order chi connectivity index (χ1) is 18.8. The Balaban J connectivity index is 1.97. The number of alkyl halides is 3. The number of hydrogen-bond donors (Lipinski definition) is 0. The van der Waals surface area contributed by atoms with Crippen molar-refractivity contribution in [2.24, 2.45) is 5.92 Å². The van der Waals surface area contributed by atoms with Crippen LogP contribution in [0.3, 0.4) is 0 Å². The molecule has 0 radical (unpaired) electrons. The molecule has 3 aromatic rings. The van der Waals surface area contributed by atoms with Crippen LogP contribution in [0.5, 0.6) is 0 Å². The van der Waals surface area contributed by atoms with E-state index in [1.165, 1.54) is 18.2 Å². The van der Waals surface area contributed by atoms with Gasteiger partial charge in [-0.25, -0.2) is 17.6 Å². The van der Waals surface area contributed by atoms with E-state index in [1.54, 1.807) is 19.9 Å². The monoisotopic (exact) mass is 560 g/mol. The Kier molecular flexibility index (Phi) is 8.34. The summed E-state index contributed by atoms with van der Waals surface area (Å²) >= 11 is 0. The Morgan fingerprint density at radius 3 is 1.93 bits per heavy atom. The smallest absolute Gasteiger partial charge is 0.207 e. The van der Waals surface area contributed by atoms with Crippen LogP contribution in [-0.4, -0.2) is 6.18 Å². The second kappa shape index (κ2) is 11.3. The van der Waals surface area contributed by atoms with Crippen LogP contribution >= 0.6 is 0 Å². The predicted octanol–water partition coefficient (Wildman–Crippen LogP) is 10.3. The summed E-state index contributed by atoms with van der Waals surface area (Å²) in [4.78, 5) is 0. The van der Waals surface area contributed by atoms with Gasteiger partial charge in [-0.15, -0.1) is 0 Å². The summed E-state index contributed by atoms with van der Waals surface area (Å²) in [6, 6.07) is 8.03. The van der Waals surface area contributed by atoms with Crippen molar-refractivity contribution in [3.05, 3.63) is 117 Å². The molecule has 0 N–H and O–H groups in total. The van der Waals surface area contributed by atoms with Crippen molar-refractivity contribution in [3.63, 3.8) is 0 Å². The molecule has 0 heterocycles. The second-order valence-electron chi connectivity index (χ2n) is 10.8. The van der Waals surface area contributed by atoms with Crippen LogP contribution in [0.15, 0.2) is 71.8 Å². The fraction of sp³-hybridized carbons (Fsp3) is 0.333. The van der Waals surface area contributed by atoms with E-state index in [0.717, 1.165) is 54.0 Å². The quantitative estimate of drug-likeness (QED) is 0.252. The predicted molar refractivity (Wildman–Crippen MR) is 144 cm³/mol. The van der Waals surface area contributed by atoms with Gasteiger partial charge in [-0.1, -0.05) is 56.2 Å². The lowest BCUT2D eigenvalue weighted by atomic mass is 9.65. The zero-order chi connectivity index (χ0) is 29.4. The zero-order valence-corrected chi connectivity index (χ0v) is 22.8. The van der Waals surface area contributed by atoms with Crippen LogP contribution in [0.4, 0.5) is 30.7 Å². The average molecular weight is 561 g/mol. The molecule has 0 fully saturated rings. The summed E-state index contributed by atoms with van der Waals surface area (Å²) < 4.78 is 107. The topological polar surface area (TPSA) is 0 Å². The molecule has 0 aliphatic heterocycles. The standard InChI is InChI=1S/C33H31F7/c1-5-19(2)14-22-15-21(4)30(27(35)16-22)23-17-28(36)31(29(37)18-23)32(33(38,39)40,24-8-6-20(3)7-9-24)25-10-12-26(34)13-11-25/h6,8,10-13,15-19H,5,7,9,14H2,1-4H3. The Morgan fingerprint density at radius 2 is 1.43 bits per heavy atom. The highest BCUT2D eigenvalue weighted by Crippen LogP contribution is 2.55. The maximum absolute atomic E-state index is 16.0. The summed E-state index contributed by atoms with van der Waals surface area (Å²) in [5.41, 5.74) is -3.54. The molecule has 0 spiro atoms. The highest BCUT2D eigenvalue weighted by atomic mass is 19.4. The molecule has 0 saturated carbocycles. The number of benzene rings is 3. The summed E-state index contributed by atoms with van der Waals surface area (Å²) in [6.07, 6.45) is -0.802. The number of aryl methyl sites for hydroxylation is 1. The van der Waals surface area contributed by atoms with Gasteiger partial charge >= 0.3 is 6.18 Å². The Labute approximate surface area is 230 Å². The van der Waals surface area contributed by atoms with Crippen LogP contribution in [0.2, 0.25) is 0 Å². The first-order valence-electron chi connectivity index (χ1n) is 13.3. The molecule has 7 heteroatoms. The lowest BCUT2D eigenvalue weighted by molar-refractivity contribution is -0.169. The van der Waals surface area contributed by atoms with E-state index < -0.39 is 46.0 Å². The van der Waals surface area contributed by atoms with Gasteiger partial charge < -0.3 is 0 Å². The number of rotatable bonds is 7. The van der Waals surface area contributed by atoms with Gasteiger partial charge in [0.05, 0.1) is 0 Å². The molecule has 1 aliphatic carbocycles. The fourth-order valence-electron chi connectivity index (χ4n) is 5.65. The van der Waals surface area contributed by atoms with Crippen LogP contribution in [-0.2, 0) is 11.8 Å². The number of hydrogen-bond acceptors (Lipinski definition) is 0. The van der Waals surface area contributed by atoms with E-state index in [0.29, 0.717) is 17.9 Å². The minimum absolute atomic E-state index is 0.0768. The van der Waals surface area contributed by atoms with Gasteiger partial charge in [0.25, 0.3) is 0 Å². The molecule has 4 rings (SSSR count). The lowest BCUT2D eigenvalue weighted by Crippen LogP contribution is -2.47. The summed E-state index contributed by atoms with van der Waals surface area (Å²) in [5, 5.41) is 0. The summed E-state index contributed by atoms with van der Waals surface area (Å²) in [7, 11) is 0. The van der Waals surface area contributed by atoms with Gasteiger partial charge in [-0.05, 0) is 97.2 Å². The molecule has 2 unspecified atom stereocenters. The van der Waals surface area contributed by atoms with E-state index in [2.05, 4.69) is 0 Å². The molecule has 1 aliphatic rings. The molecule has 0 aromatic heterocycles. The lowest BCUT2D eigenvalue weighted by Gasteiger charge is -2.40. The molecule has 0 bridgehead atoms. The highest BCUT2D eigenvalue weighted by Gasteiger charge is 2.61. The van der Waals surface area contributed by atoms with Gasteiger partial charge in [0, 0.05) is 11.1 Å². The summed E-state index contributed by atoms with van der Waals surface area (Å²) in [5.74, 6) is -4.13. The molecule has 3 aromatic carbocycles. The van der Waals surface area contributed by atoms with Gasteiger partial charge in [-0.2, -0.15) is 13.2 Å². The van der Waals surface area contributed by atoms with Crippen LogP contribution in [0.1, 0.15) is 62.3 Å². The van der Waals surface area contributed by atoms with Crippen LogP contribution < -0.4 is 0 Å². The van der Waals surface area contributed by atoms with Crippen molar-refractivity contribution in [3.8, 4) is 11.1 Å². The van der Waals surface area contributed by atoms with Crippen molar-refractivity contribution in [1.82, 2.24) is 0 Å². The molecular formula is C33H31F7. The van der Waals surface area contributed by atoms with Gasteiger partial charge in [0.2, 0.25) is 0 Å². The highest BCUT2D eigenvalue weighted by molar-refractivity contribution is 5.70. The van der Waals surface area contributed by atoms with Crippen molar-refractivity contribution in [2.45, 2.75) is 65.0 Å². The zero-order valence-electron chi connectivity index (χ0n) is 22.8. The van der Waals surface area contributed by atoms with Crippen LogP contribution in [0.25, 0.3) is 11.1 Å². The van der Waals surface area contributed by atoms with E-state index in [1.807, 2.05) is 13.8 Å². The maximum Gasteiger partial charge on any atom is 0.406 e. The van der Waals surface area contributed by atoms with Crippen LogP contribution in [0, 0.1) is 36.1 Å². The van der Waals surface area contributed by atoms with E-state index in [4.69, 9.17) is 0 Å². The molecule has 40 heavy (non-hydrogen) atoms. The van der Waals surface area contributed by atoms with Crippen molar-refractivity contribution in [2.75, 3.05) is 0 Å².